The number of hydrogen-bond acceptors (Lipinski definition) is 4. The highest BCUT2D eigenvalue weighted by Gasteiger charge is 2.18. The van der Waals surface area contributed by atoms with Crippen molar-refractivity contribution in [1.82, 2.24) is 14.5 Å². The fraction of sp³-hybridized carbons (Fsp3) is 0.636. The van der Waals surface area contributed by atoms with Crippen LogP contribution in [0, 0.1) is 5.92 Å². The fourth-order valence-electron chi connectivity index (χ4n) is 2.23. The fourth-order valence-corrected chi connectivity index (χ4v) is 2.23. The molecule has 0 radical (unpaired) electrons. The molecule has 3 N–H and O–H groups in total. The minimum Gasteiger partial charge on any atom is -0.385 e. The number of nitrogens with one attached hydrogen (secondary N) is 1. The third-order valence-corrected chi connectivity index (χ3v) is 3.34. The van der Waals surface area contributed by atoms with E-state index in [-0.39, 0.29) is 5.82 Å². The first-order valence-corrected chi connectivity index (χ1v) is 5.84. The van der Waals surface area contributed by atoms with Crippen LogP contribution in [0.15, 0.2) is 15.7 Å². The lowest BCUT2D eigenvalue weighted by atomic mass is 9.97. The summed E-state index contributed by atoms with van der Waals surface area (Å²) in [5, 5.41) is 0. The number of nitrogen functional groups attached to an aromatic ring is 1. The van der Waals surface area contributed by atoms with Crippen LogP contribution >= 0.6 is 0 Å². The number of likely N-dealkylation sites (tertiary alicyclic amines) is 1. The molecule has 2 heterocycles. The van der Waals surface area contributed by atoms with Crippen LogP contribution in [0.5, 0.6) is 0 Å². The summed E-state index contributed by atoms with van der Waals surface area (Å²) in [6, 6.07) is 1.26. The quantitative estimate of drug-likeness (QED) is 0.725. The molecule has 2 rings (SSSR count). The number of aromatic nitrogens is 2. The van der Waals surface area contributed by atoms with Crippen LogP contribution in [0.3, 0.4) is 0 Å². The smallest absolute Gasteiger partial charge is 0.329 e. The van der Waals surface area contributed by atoms with Crippen molar-refractivity contribution in [3.8, 4) is 0 Å². The predicted octanol–water partition coefficient (Wildman–Crippen LogP) is -0.539. The number of H-pyrrole nitrogens is 1. The molecule has 0 unspecified atom stereocenters. The molecule has 6 nitrogen and oxygen atoms in total. The monoisotopic (exact) mass is 238 g/mol. The molecule has 0 spiro atoms. The SMILES string of the molecule is CN1CCC(Cn2c(N)cc(=O)[nH]c2=O)CC1. The van der Waals surface area contributed by atoms with Crippen LogP contribution in [0.25, 0.3) is 0 Å². The van der Waals surface area contributed by atoms with Crippen LogP contribution in [0.2, 0.25) is 0 Å². The van der Waals surface area contributed by atoms with Gasteiger partial charge in [-0.1, -0.05) is 0 Å². The second-order valence-electron chi connectivity index (χ2n) is 4.72. The van der Waals surface area contributed by atoms with E-state index in [0.29, 0.717) is 12.5 Å². The average Bonchev–Trinajstić information content (AvgIpc) is 2.26. The molecule has 0 saturated carbocycles. The molecule has 17 heavy (non-hydrogen) atoms. The van der Waals surface area contributed by atoms with Crippen molar-refractivity contribution in [1.29, 1.82) is 0 Å². The maximum Gasteiger partial charge on any atom is 0.329 e. The third-order valence-electron chi connectivity index (χ3n) is 3.34. The Labute approximate surface area is 99.1 Å². The van der Waals surface area contributed by atoms with Gasteiger partial charge in [0.15, 0.2) is 0 Å². The van der Waals surface area contributed by atoms with Gasteiger partial charge in [0, 0.05) is 12.6 Å². The van der Waals surface area contributed by atoms with Gasteiger partial charge in [0.2, 0.25) is 0 Å². The maximum absolute atomic E-state index is 11.6. The number of anilines is 1. The largest absolute Gasteiger partial charge is 0.385 e. The highest BCUT2D eigenvalue weighted by Crippen LogP contribution is 2.17. The molecule has 0 atom stereocenters. The van der Waals surface area contributed by atoms with E-state index in [1.54, 1.807) is 0 Å². The van der Waals surface area contributed by atoms with Crippen LogP contribution in [0.4, 0.5) is 5.82 Å². The molecule has 1 aliphatic rings. The molecule has 0 bridgehead atoms. The van der Waals surface area contributed by atoms with E-state index in [9.17, 15) is 9.59 Å². The van der Waals surface area contributed by atoms with Crippen molar-refractivity contribution in [2.24, 2.45) is 5.92 Å². The minimum atomic E-state index is -0.438. The van der Waals surface area contributed by atoms with E-state index in [0.717, 1.165) is 25.9 Å². The lowest BCUT2D eigenvalue weighted by Crippen LogP contribution is -2.37. The van der Waals surface area contributed by atoms with E-state index < -0.39 is 11.2 Å². The lowest BCUT2D eigenvalue weighted by molar-refractivity contribution is 0.204. The Morgan fingerprint density at radius 2 is 2.06 bits per heavy atom. The number of rotatable bonds is 2. The summed E-state index contributed by atoms with van der Waals surface area (Å²) in [7, 11) is 2.09. The van der Waals surface area contributed by atoms with Crippen LogP contribution in [-0.2, 0) is 6.54 Å². The predicted molar refractivity (Wildman–Crippen MR) is 66.0 cm³/mol. The lowest BCUT2D eigenvalue weighted by Gasteiger charge is -2.29. The van der Waals surface area contributed by atoms with Gasteiger partial charge in [-0.25, -0.2) is 4.79 Å². The zero-order valence-corrected chi connectivity index (χ0v) is 9.98. The number of aromatic amines is 1. The number of nitrogens with zero attached hydrogens (tertiary/aromatic N) is 2. The Bertz CT molecular complexity index is 497. The van der Waals surface area contributed by atoms with Crippen LogP contribution in [-0.4, -0.2) is 34.6 Å². The summed E-state index contributed by atoms with van der Waals surface area (Å²) in [6.45, 7) is 2.68. The standard InChI is InChI=1S/C11H18N4O2/c1-14-4-2-8(3-5-14)7-15-9(12)6-10(16)13-11(15)17/h6,8H,2-5,7,12H2,1H3,(H,13,16,17). The second-order valence-corrected chi connectivity index (χ2v) is 4.72. The van der Waals surface area contributed by atoms with Gasteiger partial charge in [-0.15, -0.1) is 0 Å². The van der Waals surface area contributed by atoms with E-state index in [4.69, 9.17) is 5.73 Å². The number of hydrogen-bond donors (Lipinski definition) is 2. The number of nitrogens with two attached hydrogens (primary N) is 1. The van der Waals surface area contributed by atoms with Gasteiger partial charge in [-0.3, -0.25) is 14.3 Å². The molecule has 0 amide bonds. The van der Waals surface area contributed by atoms with Gasteiger partial charge < -0.3 is 10.6 Å². The third kappa shape index (κ3) is 2.76. The molecule has 1 aliphatic heterocycles. The van der Waals surface area contributed by atoms with Gasteiger partial charge >= 0.3 is 5.69 Å². The highest BCUT2D eigenvalue weighted by atomic mass is 16.2. The van der Waals surface area contributed by atoms with Gasteiger partial charge in [-0.05, 0) is 38.9 Å². The van der Waals surface area contributed by atoms with E-state index in [1.807, 2.05) is 0 Å². The summed E-state index contributed by atoms with van der Waals surface area (Å²) in [5.41, 5.74) is 4.85. The first-order valence-electron chi connectivity index (χ1n) is 5.84. The topological polar surface area (TPSA) is 84.1 Å². The van der Waals surface area contributed by atoms with Crippen molar-refractivity contribution >= 4 is 5.82 Å². The zero-order chi connectivity index (χ0) is 12.4. The Balaban J connectivity index is 2.14. The molecular formula is C11H18N4O2. The van der Waals surface area contributed by atoms with Crippen molar-refractivity contribution in [2.75, 3.05) is 25.9 Å². The van der Waals surface area contributed by atoms with Gasteiger partial charge in [0.1, 0.15) is 5.82 Å². The van der Waals surface area contributed by atoms with E-state index in [2.05, 4.69) is 16.9 Å². The maximum atomic E-state index is 11.6. The Morgan fingerprint density at radius 3 is 2.65 bits per heavy atom. The summed E-state index contributed by atoms with van der Waals surface area (Å²) in [6.07, 6.45) is 2.11. The Hall–Kier alpha value is -1.56. The van der Waals surface area contributed by atoms with Gasteiger partial charge in [-0.2, -0.15) is 0 Å². The molecule has 0 aliphatic carbocycles. The summed E-state index contributed by atoms with van der Waals surface area (Å²) >= 11 is 0. The summed E-state index contributed by atoms with van der Waals surface area (Å²) < 4.78 is 1.46. The Morgan fingerprint density at radius 1 is 1.41 bits per heavy atom. The number of piperidine rings is 1. The molecule has 0 aromatic carbocycles. The van der Waals surface area contributed by atoms with Crippen molar-refractivity contribution in [2.45, 2.75) is 19.4 Å². The van der Waals surface area contributed by atoms with Crippen molar-refractivity contribution in [3.63, 3.8) is 0 Å². The van der Waals surface area contributed by atoms with Crippen LogP contribution in [0.1, 0.15) is 12.8 Å². The van der Waals surface area contributed by atoms with E-state index >= 15 is 0 Å². The first kappa shape index (κ1) is 11.9. The molecular weight excluding hydrogens is 220 g/mol. The molecule has 1 fully saturated rings. The zero-order valence-electron chi connectivity index (χ0n) is 9.98. The molecule has 1 saturated heterocycles. The molecule has 1 aromatic heterocycles. The Kier molecular flexibility index (Phi) is 3.33. The van der Waals surface area contributed by atoms with E-state index in [1.165, 1.54) is 10.6 Å². The normalized spacial score (nSPS) is 18.4. The van der Waals surface area contributed by atoms with Crippen molar-refractivity contribution < 1.29 is 0 Å². The van der Waals surface area contributed by atoms with Gasteiger partial charge in [0.25, 0.3) is 5.56 Å². The molecule has 6 heteroatoms. The second kappa shape index (κ2) is 4.75. The van der Waals surface area contributed by atoms with Crippen molar-refractivity contribution in [3.05, 3.63) is 26.9 Å². The minimum absolute atomic E-state index is 0.248. The average molecular weight is 238 g/mol. The van der Waals surface area contributed by atoms with Crippen LogP contribution < -0.4 is 17.0 Å². The summed E-state index contributed by atoms with van der Waals surface area (Å²) in [4.78, 5) is 27.2. The van der Waals surface area contributed by atoms with Gasteiger partial charge in [0.05, 0.1) is 0 Å². The molecule has 94 valence electrons. The summed E-state index contributed by atoms with van der Waals surface area (Å²) in [5.74, 6) is 0.704. The first-order chi connectivity index (χ1) is 8.06. The highest BCUT2D eigenvalue weighted by molar-refractivity contribution is 5.26. The molecule has 1 aromatic rings.